The Balaban J connectivity index is 1.97. The van der Waals surface area contributed by atoms with Crippen molar-refractivity contribution in [1.29, 1.82) is 0 Å². The molecule has 2 aromatic carbocycles. The first-order valence-electron chi connectivity index (χ1n) is 7.06. The van der Waals surface area contributed by atoms with Gasteiger partial charge in [-0.25, -0.2) is 0 Å². The fourth-order valence-electron chi connectivity index (χ4n) is 1.97. The number of halogens is 2. The van der Waals surface area contributed by atoms with Gasteiger partial charge in [0.25, 0.3) is 11.6 Å². The van der Waals surface area contributed by atoms with E-state index in [0.717, 1.165) is 5.56 Å². The average molecular weight is 474 g/mol. The van der Waals surface area contributed by atoms with Crippen LogP contribution in [0.1, 0.15) is 15.9 Å². The summed E-state index contributed by atoms with van der Waals surface area (Å²) in [6.07, 6.45) is 0. The zero-order chi connectivity index (χ0) is 18.6. The molecule has 2 amide bonds. The van der Waals surface area contributed by atoms with E-state index in [9.17, 15) is 19.7 Å². The van der Waals surface area contributed by atoms with E-state index in [1.54, 1.807) is 18.2 Å². The maximum absolute atomic E-state index is 12.1. The smallest absolute Gasteiger partial charge is 0.270 e. The zero-order valence-electron chi connectivity index (χ0n) is 13.0. The molecule has 0 aromatic heterocycles. The average Bonchev–Trinajstić information content (AvgIpc) is 2.55. The summed E-state index contributed by atoms with van der Waals surface area (Å²) in [5.74, 6) is -0.930. The molecule has 2 rings (SSSR count). The standard InChI is InChI=1S/C16H13ClIN3O4/c1-9-2-5-14(12(17)6-9)20-15(22)8-19-16(23)11-4-3-10(21(24)25)7-13(11)18/h2-7H,8H2,1H3,(H,19,23)(H,20,22). The number of rotatable bonds is 5. The third kappa shape index (κ3) is 5.13. The van der Waals surface area contributed by atoms with E-state index >= 15 is 0 Å². The molecule has 0 saturated heterocycles. The van der Waals surface area contributed by atoms with Gasteiger partial charge in [-0.1, -0.05) is 17.7 Å². The number of nitro groups is 1. The summed E-state index contributed by atoms with van der Waals surface area (Å²) in [6, 6.07) is 9.08. The Kier molecular flexibility index (Phi) is 6.32. The lowest BCUT2D eigenvalue weighted by Crippen LogP contribution is -2.33. The van der Waals surface area contributed by atoms with Crippen molar-refractivity contribution in [3.05, 3.63) is 66.2 Å². The first-order chi connectivity index (χ1) is 11.8. The van der Waals surface area contributed by atoms with Crippen LogP contribution in [-0.4, -0.2) is 23.3 Å². The van der Waals surface area contributed by atoms with Crippen LogP contribution in [0.3, 0.4) is 0 Å². The normalized spacial score (nSPS) is 10.2. The van der Waals surface area contributed by atoms with E-state index in [2.05, 4.69) is 10.6 Å². The molecule has 0 heterocycles. The number of anilines is 1. The zero-order valence-corrected chi connectivity index (χ0v) is 15.9. The van der Waals surface area contributed by atoms with E-state index in [1.807, 2.05) is 29.5 Å². The van der Waals surface area contributed by atoms with Crippen molar-refractivity contribution in [3.63, 3.8) is 0 Å². The molecule has 25 heavy (non-hydrogen) atoms. The number of nitrogens with one attached hydrogen (secondary N) is 2. The predicted octanol–water partition coefficient (Wildman–Crippen LogP) is 3.53. The van der Waals surface area contributed by atoms with Crippen molar-refractivity contribution in [2.24, 2.45) is 0 Å². The molecule has 0 atom stereocenters. The van der Waals surface area contributed by atoms with Crippen LogP contribution in [0.2, 0.25) is 5.02 Å². The molecule has 0 saturated carbocycles. The van der Waals surface area contributed by atoms with E-state index < -0.39 is 16.7 Å². The summed E-state index contributed by atoms with van der Waals surface area (Å²) >= 11 is 7.87. The highest BCUT2D eigenvalue weighted by atomic mass is 127. The van der Waals surface area contributed by atoms with Gasteiger partial charge in [0, 0.05) is 15.7 Å². The van der Waals surface area contributed by atoms with Crippen molar-refractivity contribution in [2.45, 2.75) is 6.92 Å². The largest absolute Gasteiger partial charge is 0.343 e. The quantitative estimate of drug-likeness (QED) is 0.394. The van der Waals surface area contributed by atoms with Crippen LogP contribution in [0.15, 0.2) is 36.4 Å². The molecule has 0 aliphatic carbocycles. The van der Waals surface area contributed by atoms with Crippen molar-refractivity contribution >= 4 is 57.4 Å². The Morgan fingerprint density at radius 2 is 1.96 bits per heavy atom. The number of carbonyl (C=O) groups excluding carboxylic acids is 2. The molecule has 7 nitrogen and oxygen atoms in total. The number of amides is 2. The molecule has 0 aliphatic heterocycles. The van der Waals surface area contributed by atoms with Crippen LogP contribution in [0, 0.1) is 20.6 Å². The highest BCUT2D eigenvalue weighted by molar-refractivity contribution is 14.1. The van der Waals surface area contributed by atoms with Gasteiger partial charge in [-0.15, -0.1) is 0 Å². The minimum absolute atomic E-state index is 0.104. The Labute approximate surface area is 162 Å². The van der Waals surface area contributed by atoms with E-state index in [1.165, 1.54) is 18.2 Å². The minimum atomic E-state index is -0.539. The second-order valence-electron chi connectivity index (χ2n) is 5.14. The Morgan fingerprint density at radius 3 is 2.56 bits per heavy atom. The van der Waals surface area contributed by atoms with E-state index in [0.29, 0.717) is 14.3 Å². The molecule has 0 aliphatic rings. The molecule has 0 bridgehead atoms. The van der Waals surface area contributed by atoms with Crippen molar-refractivity contribution in [1.82, 2.24) is 5.32 Å². The molecular formula is C16H13ClIN3O4. The lowest BCUT2D eigenvalue weighted by molar-refractivity contribution is -0.384. The number of carbonyl (C=O) groups is 2. The number of hydrogen-bond acceptors (Lipinski definition) is 4. The third-order valence-electron chi connectivity index (χ3n) is 3.22. The second kappa shape index (κ2) is 8.26. The number of nitrogens with zero attached hydrogens (tertiary/aromatic N) is 1. The summed E-state index contributed by atoms with van der Waals surface area (Å²) in [6.45, 7) is 1.62. The van der Waals surface area contributed by atoms with Crippen molar-refractivity contribution in [3.8, 4) is 0 Å². The SMILES string of the molecule is Cc1ccc(NC(=O)CNC(=O)c2ccc([N+](=O)[O-])cc2I)c(Cl)c1. The molecule has 0 spiro atoms. The molecule has 0 fully saturated rings. The highest BCUT2D eigenvalue weighted by Gasteiger charge is 2.15. The molecule has 0 unspecified atom stereocenters. The number of non-ortho nitro benzene ring substituents is 1. The lowest BCUT2D eigenvalue weighted by Gasteiger charge is -2.09. The van der Waals surface area contributed by atoms with Crippen LogP contribution < -0.4 is 10.6 Å². The maximum atomic E-state index is 12.1. The molecule has 2 aromatic rings. The molecular weight excluding hydrogens is 461 g/mol. The number of aryl methyl sites for hydroxylation is 1. The van der Waals surface area contributed by atoms with Gasteiger partial charge in [-0.3, -0.25) is 19.7 Å². The van der Waals surface area contributed by atoms with Gasteiger partial charge in [-0.2, -0.15) is 0 Å². The third-order valence-corrected chi connectivity index (χ3v) is 4.42. The van der Waals surface area contributed by atoms with Crippen molar-refractivity contribution in [2.75, 3.05) is 11.9 Å². The van der Waals surface area contributed by atoms with Crippen LogP contribution in [0.25, 0.3) is 0 Å². The molecule has 9 heteroatoms. The van der Waals surface area contributed by atoms with Gasteiger partial charge < -0.3 is 10.6 Å². The van der Waals surface area contributed by atoms with Gasteiger partial charge in [0.2, 0.25) is 5.91 Å². The number of benzene rings is 2. The van der Waals surface area contributed by atoms with Gasteiger partial charge >= 0.3 is 0 Å². The van der Waals surface area contributed by atoms with Gasteiger partial charge in [0.15, 0.2) is 0 Å². The topological polar surface area (TPSA) is 101 Å². The summed E-state index contributed by atoms with van der Waals surface area (Å²) in [7, 11) is 0. The summed E-state index contributed by atoms with van der Waals surface area (Å²) in [4.78, 5) is 34.2. The van der Waals surface area contributed by atoms with Crippen LogP contribution in [-0.2, 0) is 4.79 Å². The molecule has 0 radical (unpaired) electrons. The monoisotopic (exact) mass is 473 g/mol. The predicted molar refractivity (Wildman–Crippen MR) is 103 cm³/mol. The first kappa shape index (κ1) is 19.1. The number of nitro benzene ring substituents is 1. The Hall–Kier alpha value is -2.20. The van der Waals surface area contributed by atoms with Gasteiger partial charge in [-0.05, 0) is 53.3 Å². The van der Waals surface area contributed by atoms with Crippen LogP contribution >= 0.6 is 34.2 Å². The number of hydrogen-bond donors (Lipinski definition) is 2. The first-order valence-corrected chi connectivity index (χ1v) is 8.51. The molecule has 2 N–H and O–H groups in total. The summed E-state index contributed by atoms with van der Waals surface area (Å²) in [5.41, 5.74) is 1.57. The van der Waals surface area contributed by atoms with E-state index in [-0.39, 0.29) is 17.8 Å². The van der Waals surface area contributed by atoms with Crippen LogP contribution in [0.5, 0.6) is 0 Å². The van der Waals surface area contributed by atoms with Crippen LogP contribution in [0.4, 0.5) is 11.4 Å². The Bertz CT molecular complexity index is 857. The Morgan fingerprint density at radius 1 is 1.24 bits per heavy atom. The second-order valence-corrected chi connectivity index (χ2v) is 6.70. The lowest BCUT2D eigenvalue weighted by atomic mass is 10.2. The molecule has 130 valence electrons. The summed E-state index contributed by atoms with van der Waals surface area (Å²) in [5, 5.41) is 16.2. The maximum Gasteiger partial charge on any atom is 0.270 e. The highest BCUT2D eigenvalue weighted by Crippen LogP contribution is 2.22. The van der Waals surface area contributed by atoms with Gasteiger partial charge in [0.05, 0.1) is 27.7 Å². The van der Waals surface area contributed by atoms with Gasteiger partial charge in [0.1, 0.15) is 0 Å². The fraction of sp³-hybridized carbons (Fsp3) is 0.125. The minimum Gasteiger partial charge on any atom is -0.343 e. The fourth-order valence-corrected chi connectivity index (χ4v) is 3.00. The van der Waals surface area contributed by atoms with Crippen molar-refractivity contribution < 1.29 is 14.5 Å². The van der Waals surface area contributed by atoms with E-state index in [4.69, 9.17) is 11.6 Å². The summed E-state index contributed by atoms with van der Waals surface area (Å²) < 4.78 is 0.422.